The van der Waals surface area contributed by atoms with E-state index in [9.17, 15) is 23.1 Å². The van der Waals surface area contributed by atoms with Crippen LogP contribution in [0.4, 0.5) is 13.2 Å². The predicted molar refractivity (Wildman–Crippen MR) is 175 cm³/mol. The number of halogens is 3. The third-order valence-corrected chi connectivity index (χ3v) is 12.8. The molecule has 3 aromatic rings. The van der Waals surface area contributed by atoms with Crippen LogP contribution in [-0.4, -0.2) is 71.3 Å². The number of alkyl halides is 3. The number of hydrogen-bond donors (Lipinski definition) is 2. The first kappa shape index (κ1) is 32.9. The first-order valence-corrected chi connectivity index (χ1v) is 17.3. The van der Waals surface area contributed by atoms with Gasteiger partial charge in [-0.15, -0.1) is 22.0 Å². The molecule has 45 heavy (non-hydrogen) atoms. The molecular formula is C33H36F3N3O4S2. The van der Waals surface area contributed by atoms with E-state index >= 15 is 0 Å². The molecule has 0 bridgehead atoms. The standard InChI is InChI=1S/C33H36F3N3O4S2/c1-32(2,31(40)41)43-25-12-14-27(15-13-25)44-21-28-29(23-6-5-7-26(20-23)42-3)38-30(45(28,4)39-18-16-37-17-19-39)22-8-10-24(11-9-22)33(34,35)36/h5-15,20,37H,16-19,21H2,1-4H3,(H,40,41). The Morgan fingerprint density at radius 1 is 1.00 bits per heavy atom. The first-order valence-electron chi connectivity index (χ1n) is 14.4. The number of methoxy groups -OCH3 is 1. The molecule has 2 heterocycles. The van der Waals surface area contributed by atoms with Crippen LogP contribution in [0.15, 0.2) is 87.6 Å². The summed E-state index contributed by atoms with van der Waals surface area (Å²) in [6.45, 7) is 6.14. The number of rotatable bonds is 10. The van der Waals surface area contributed by atoms with Gasteiger partial charge in [0.2, 0.25) is 0 Å². The number of carboxylic acids is 1. The fourth-order valence-electron chi connectivity index (χ4n) is 5.21. The van der Waals surface area contributed by atoms with Gasteiger partial charge < -0.3 is 19.9 Å². The fraction of sp³-hybridized carbons (Fsp3) is 0.333. The van der Waals surface area contributed by atoms with Gasteiger partial charge in [-0.3, -0.25) is 4.31 Å². The molecule has 0 aliphatic carbocycles. The van der Waals surface area contributed by atoms with Crippen molar-refractivity contribution in [3.8, 4) is 11.5 Å². The molecule has 2 aliphatic heterocycles. The molecule has 5 rings (SSSR count). The molecule has 0 aromatic heterocycles. The van der Waals surface area contributed by atoms with Crippen LogP contribution < -0.4 is 14.8 Å². The lowest BCUT2D eigenvalue weighted by atomic mass is 10.1. The normalized spacial score (nSPS) is 20.8. The molecule has 1 saturated heterocycles. The maximum Gasteiger partial charge on any atom is 0.416 e. The van der Waals surface area contributed by atoms with E-state index in [-0.39, 0.29) is 0 Å². The van der Waals surface area contributed by atoms with Gasteiger partial charge in [-0.05, 0) is 68.6 Å². The summed E-state index contributed by atoms with van der Waals surface area (Å²) in [6, 6.07) is 20.3. The molecular weight excluding hydrogens is 624 g/mol. The van der Waals surface area contributed by atoms with E-state index in [0.29, 0.717) is 22.8 Å². The number of thioether (sulfide) groups is 1. The Balaban J connectivity index is 1.55. The Hall–Kier alpha value is -3.45. The zero-order chi connectivity index (χ0) is 32.4. The van der Waals surface area contributed by atoms with Gasteiger partial charge in [0.15, 0.2) is 5.60 Å². The second kappa shape index (κ2) is 13.1. The molecule has 2 N–H and O–H groups in total. The van der Waals surface area contributed by atoms with Crippen molar-refractivity contribution in [3.63, 3.8) is 0 Å². The van der Waals surface area contributed by atoms with E-state index in [0.717, 1.165) is 64.4 Å². The zero-order valence-corrected chi connectivity index (χ0v) is 27.1. The van der Waals surface area contributed by atoms with Crippen molar-refractivity contribution in [2.45, 2.75) is 30.5 Å². The third-order valence-electron chi connectivity index (χ3n) is 7.81. The van der Waals surface area contributed by atoms with Gasteiger partial charge in [0.05, 0.1) is 18.4 Å². The second-order valence-electron chi connectivity index (χ2n) is 11.2. The lowest BCUT2D eigenvalue weighted by Gasteiger charge is -2.48. The number of piperazine rings is 1. The Morgan fingerprint density at radius 3 is 2.27 bits per heavy atom. The van der Waals surface area contributed by atoms with Crippen LogP contribution in [0, 0.1) is 0 Å². The number of carbonyl (C=O) groups is 1. The van der Waals surface area contributed by atoms with Gasteiger partial charge in [-0.2, -0.15) is 13.2 Å². The van der Waals surface area contributed by atoms with E-state index in [4.69, 9.17) is 14.5 Å². The molecule has 0 saturated carbocycles. The van der Waals surface area contributed by atoms with Crippen LogP contribution in [0.2, 0.25) is 0 Å². The van der Waals surface area contributed by atoms with Crippen LogP contribution in [0.25, 0.3) is 5.70 Å². The summed E-state index contributed by atoms with van der Waals surface area (Å²) in [5, 5.41) is 13.6. The summed E-state index contributed by atoms with van der Waals surface area (Å²) in [5.41, 5.74) is 0.285. The van der Waals surface area contributed by atoms with Crippen LogP contribution in [-0.2, 0) is 11.0 Å². The number of hydrogen-bond acceptors (Lipinski definition) is 7. The Bertz CT molecular complexity index is 1600. The van der Waals surface area contributed by atoms with Gasteiger partial charge in [-0.1, -0.05) is 24.3 Å². The SMILES string of the molecule is COc1cccc(C2=C(CSc3ccc(OC(C)(C)C(=O)O)cc3)S(C)(N3CCNCC3)C(c3ccc(C(F)(F)F)cc3)=N2)c1. The fourth-order valence-corrected chi connectivity index (χ4v) is 10.2. The van der Waals surface area contributed by atoms with Crippen molar-refractivity contribution >= 4 is 38.7 Å². The van der Waals surface area contributed by atoms with Crippen LogP contribution in [0.5, 0.6) is 11.5 Å². The molecule has 12 heteroatoms. The molecule has 0 radical (unpaired) electrons. The minimum Gasteiger partial charge on any atom is -0.497 e. The summed E-state index contributed by atoms with van der Waals surface area (Å²) in [4.78, 5) is 18.8. The summed E-state index contributed by atoms with van der Waals surface area (Å²) in [7, 11) is -0.319. The predicted octanol–water partition coefficient (Wildman–Crippen LogP) is 7.13. The van der Waals surface area contributed by atoms with E-state index in [2.05, 4.69) is 15.9 Å². The van der Waals surface area contributed by atoms with E-state index < -0.39 is 33.5 Å². The molecule has 1 fully saturated rings. The minimum atomic E-state index is -4.43. The highest BCUT2D eigenvalue weighted by Gasteiger charge is 2.43. The first-order chi connectivity index (χ1) is 21.3. The molecule has 0 amide bonds. The maximum absolute atomic E-state index is 13.5. The number of nitrogens with one attached hydrogen (secondary N) is 1. The second-order valence-corrected chi connectivity index (χ2v) is 15.4. The van der Waals surface area contributed by atoms with E-state index in [1.807, 2.05) is 36.4 Å². The smallest absolute Gasteiger partial charge is 0.416 e. The van der Waals surface area contributed by atoms with Crippen LogP contribution >= 0.6 is 22.0 Å². The zero-order valence-electron chi connectivity index (χ0n) is 25.5. The number of aliphatic carboxylic acids is 1. The average molecular weight is 660 g/mol. The van der Waals surface area contributed by atoms with Gasteiger partial charge in [0.25, 0.3) is 0 Å². The topological polar surface area (TPSA) is 83.4 Å². The quantitative estimate of drug-likeness (QED) is 0.224. The summed E-state index contributed by atoms with van der Waals surface area (Å²) < 4.78 is 54.0. The molecule has 1 atom stereocenters. The molecule has 3 aromatic carbocycles. The van der Waals surface area contributed by atoms with E-state index in [1.165, 1.54) is 26.0 Å². The molecule has 2 aliphatic rings. The Morgan fingerprint density at radius 2 is 1.67 bits per heavy atom. The Labute approximate surface area is 267 Å². The van der Waals surface area contributed by atoms with Crippen molar-refractivity contribution in [1.82, 2.24) is 9.62 Å². The minimum absolute atomic E-state index is 0.452. The van der Waals surface area contributed by atoms with E-state index in [1.54, 1.807) is 31.0 Å². The Kier molecular flexibility index (Phi) is 9.60. The molecule has 240 valence electrons. The number of aliphatic imine (C=N–C) groups is 1. The molecule has 0 spiro atoms. The maximum atomic E-state index is 13.5. The highest BCUT2D eigenvalue weighted by molar-refractivity contribution is 8.47. The summed E-state index contributed by atoms with van der Waals surface area (Å²) in [6.07, 6.45) is -2.23. The van der Waals surface area contributed by atoms with Crippen molar-refractivity contribution in [2.75, 3.05) is 45.3 Å². The van der Waals surface area contributed by atoms with Gasteiger partial charge >= 0.3 is 12.1 Å². The van der Waals surface area contributed by atoms with Crippen LogP contribution in [0.1, 0.15) is 30.5 Å². The largest absolute Gasteiger partial charge is 0.497 e. The monoisotopic (exact) mass is 659 g/mol. The van der Waals surface area contributed by atoms with Crippen molar-refractivity contribution < 1.29 is 32.5 Å². The summed E-state index contributed by atoms with van der Waals surface area (Å²) >= 11 is 1.62. The average Bonchev–Trinajstić information content (AvgIpc) is 3.33. The lowest BCUT2D eigenvalue weighted by Crippen LogP contribution is -2.46. The molecule has 1 unspecified atom stereocenters. The highest BCUT2D eigenvalue weighted by atomic mass is 32.3. The van der Waals surface area contributed by atoms with Gasteiger partial charge in [0, 0.05) is 52.9 Å². The lowest BCUT2D eigenvalue weighted by molar-refractivity contribution is -0.152. The van der Waals surface area contributed by atoms with Gasteiger partial charge in [-0.25, -0.2) is 9.79 Å². The highest BCUT2D eigenvalue weighted by Crippen LogP contribution is 2.65. The third kappa shape index (κ3) is 7.04. The van der Waals surface area contributed by atoms with Gasteiger partial charge in [0.1, 0.15) is 16.5 Å². The number of ether oxygens (including phenoxy) is 2. The van der Waals surface area contributed by atoms with Crippen molar-refractivity contribution in [3.05, 3.63) is 94.4 Å². The number of carboxylic acid groups (broad SMARTS) is 1. The van der Waals surface area contributed by atoms with Crippen molar-refractivity contribution in [2.24, 2.45) is 4.99 Å². The van der Waals surface area contributed by atoms with Crippen LogP contribution in [0.3, 0.4) is 0 Å². The number of benzene rings is 3. The number of nitrogens with zero attached hydrogens (tertiary/aromatic N) is 2. The molecule has 7 nitrogen and oxygen atoms in total. The summed E-state index contributed by atoms with van der Waals surface area (Å²) in [5.74, 6) is 0.659. The van der Waals surface area contributed by atoms with Crippen molar-refractivity contribution in [1.29, 1.82) is 0 Å².